The van der Waals surface area contributed by atoms with Crippen LogP contribution in [0, 0.1) is 6.92 Å². The van der Waals surface area contributed by atoms with Crippen LogP contribution in [0.15, 0.2) is 48.1 Å². The summed E-state index contributed by atoms with van der Waals surface area (Å²) in [5, 5.41) is 12.1. The summed E-state index contributed by atoms with van der Waals surface area (Å²) in [5.41, 5.74) is 5.55. The Bertz CT molecular complexity index is 1030. The van der Waals surface area contributed by atoms with Crippen molar-refractivity contribution in [3.8, 4) is 11.3 Å². The van der Waals surface area contributed by atoms with Gasteiger partial charge in [0.1, 0.15) is 0 Å². The molecule has 0 aliphatic heterocycles. The van der Waals surface area contributed by atoms with Gasteiger partial charge < -0.3 is 5.32 Å². The van der Waals surface area contributed by atoms with Gasteiger partial charge in [-0.1, -0.05) is 24.3 Å². The van der Waals surface area contributed by atoms with Crippen molar-refractivity contribution >= 4 is 22.4 Å². The Morgan fingerprint density at radius 2 is 2.00 bits per heavy atom. The van der Waals surface area contributed by atoms with Crippen molar-refractivity contribution in [3.05, 3.63) is 64.2 Å². The SMILES string of the molecule is Cc1nc(-c2ccc(C(C)NCc3cnc4c(cnn4C)c3)cc2)cs1. The maximum atomic E-state index is 4.55. The summed E-state index contributed by atoms with van der Waals surface area (Å²) in [6, 6.07) is 11.0. The molecule has 1 aromatic carbocycles. The number of thiazole rings is 1. The number of aromatic nitrogens is 4. The fourth-order valence-corrected chi connectivity index (χ4v) is 3.64. The van der Waals surface area contributed by atoms with Gasteiger partial charge >= 0.3 is 0 Å². The lowest BCUT2D eigenvalue weighted by atomic mass is 10.0. The maximum absolute atomic E-state index is 4.55. The monoisotopic (exact) mass is 363 g/mol. The van der Waals surface area contributed by atoms with Crippen molar-refractivity contribution in [2.75, 3.05) is 0 Å². The number of nitrogens with one attached hydrogen (secondary N) is 1. The fourth-order valence-electron chi connectivity index (χ4n) is 3.01. The van der Waals surface area contributed by atoms with E-state index in [-0.39, 0.29) is 6.04 Å². The number of hydrogen-bond acceptors (Lipinski definition) is 5. The first-order valence-electron chi connectivity index (χ1n) is 8.62. The minimum Gasteiger partial charge on any atom is -0.306 e. The molecule has 4 aromatic rings. The van der Waals surface area contributed by atoms with E-state index >= 15 is 0 Å². The van der Waals surface area contributed by atoms with Gasteiger partial charge in [0.25, 0.3) is 0 Å². The van der Waals surface area contributed by atoms with Crippen LogP contribution in [0.3, 0.4) is 0 Å². The molecule has 0 aliphatic rings. The molecule has 6 heteroatoms. The highest BCUT2D eigenvalue weighted by molar-refractivity contribution is 7.09. The van der Waals surface area contributed by atoms with Gasteiger partial charge in [-0.25, -0.2) is 9.97 Å². The Balaban J connectivity index is 1.43. The highest BCUT2D eigenvalue weighted by atomic mass is 32.1. The van der Waals surface area contributed by atoms with Crippen molar-refractivity contribution in [1.82, 2.24) is 25.1 Å². The second kappa shape index (κ2) is 6.97. The van der Waals surface area contributed by atoms with Gasteiger partial charge in [-0.2, -0.15) is 5.10 Å². The number of aryl methyl sites for hydroxylation is 2. The first kappa shape index (κ1) is 16.9. The molecule has 0 aliphatic carbocycles. The molecule has 0 saturated carbocycles. The summed E-state index contributed by atoms with van der Waals surface area (Å²) in [6.07, 6.45) is 3.77. The Morgan fingerprint density at radius 3 is 2.73 bits per heavy atom. The fraction of sp³-hybridized carbons (Fsp3) is 0.250. The van der Waals surface area contributed by atoms with Crippen LogP contribution in [0.4, 0.5) is 0 Å². The third-order valence-electron chi connectivity index (χ3n) is 4.57. The third-order valence-corrected chi connectivity index (χ3v) is 5.34. The minimum atomic E-state index is 0.255. The van der Waals surface area contributed by atoms with Crippen LogP contribution >= 0.6 is 11.3 Å². The van der Waals surface area contributed by atoms with Crippen LogP contribution in [-0.4, -0.2) is 19.7 Å². The molecule has 0 spiro atoms. The predicted molar refractivity (Wildman–Crippen MR) is 106 cm³/mol. The van der Waals surface area contributed by atoms with Gasteiger partial charge in [-0.3, -0.25) is 4.68 Å². The van der Waals surface area contributed by atoms with E-state index in [1.807, 2.05) is 26.4 Å². The first-order chi connectivity index (χ1) is 12.6. The van der Waals surface area contributed by atoms with Gasteiger partial charge in [0.15, 0.2) is 5.65 Å². The molecular formula is C20H21N5S. The highest BCUT2D eigenvalue weighted by Gasteiger charge is 2.08. The molecule has 1 unspecified atom stereocenters. The molecule has 26 heavy (non-hydrogen) atoms. The zero-order valence-corrected chi connectivity index (χ0v) is 15.9. The molecule has 3 heterocycles. The van der Waals surface area contributed by atoms with Gasteiger partial charge in [-0.15, -0.1) is 11.3 Å². The van der Waals surface area contributed by atoms with Crippen molar-refractivity contribution < 1.29 is 0 Å². The molecule has 0 bridgehead atoms. The molecule has 0 saturated heterocycles. The van der Waals surface area contributed by atoms with Crippen molar-refractivity contribution in [2.45, 2.75) is 26.4 Å². The topological polar surface area (TPSA) is 55.6 Å². The third kappa shape index (κ3) is 3.38. The maximum Gasteiger partial charge on any atom is 0.157 e. The van der Waals surface area contributed by atoms with Crippen molar-refractivity contribution in [2.24, 2.45) is 7.05 Å². The molecule has 5 nitrogen and oxygen atoms in total. The molecule has 0 amide bonds. The number of nitrogens with zero attached hydrogens (tertiary/aromatic N) is 4. The zero-order valence-electron chi connectivity index (χ0n) is 15.1. The Morgan fingerprint density at radius 1 is 1.19 bits per heavy atom. The van der Waals surface area contributed by atoms with Gasteiger partial charge in [-0.05, 0) is 31.0 Å². The van der Waals surface area contributed by atoms with Gasteiger partial charge in [0.05, 0.1) is 16.9 Å². The van der Waals surface area contributed by atoms with Crippen LogP contribution < -0.4 is 5.32 Å². The summed E-state index contributed by atoms with van der Waals surface area (Å²) in [7, 11) is 1.91. The molecule has 3 aromatic heterocycles. The number of pyridine rings is 1. The van der Waals surface area contributed by atoms with Crippen molar-refractivity contribution in [1.29, 1.82) is 0 Å². The van der Waals surface area contributed by atoms with E-state index < -0.39 is 0 Å². The molecule has 1 atom stereocenters. The lowest BCUT2D eigenvalue weighted by Gasteiger charge is -2.14. The normalized spacial score (nSPS) is 12.6. The summed E-state index contributed by atoms with van der Waals surface area (Å²) < 4.78 is 1.79. The Hall–Kier alpha value is -2.57. The summed E-state index contributed by atoms with van der Waals surface area (Å²) in [5.74, 6) is 0. The zero-order chi connectivity index (χ0) is 18.1. The minimum absolute atomic E-state index is 0.255. The lowest BCUT2D eigenvalue weighted by Crippen LogP contribution is -2.18. The van der Waals surface area contributed by atoms with Crippen LogP contribution in [0.1, 0.15) is 29.1 Å². The van der Waals surface area contributed by atoms with E-state index in [1.165, 1.54) is 5.56 Å². The largest absolute Gasteiger partial charge is 0.306 e. The van der Waals surface area contributed by atoms with Gasteiger partial charge in [0.2, 0.25) is 0 Å². The average Bonchev–Trinajstić information content (AvgIpc) is 3.26. The molecule has 1 N–H and O–H groups in total. The van der Waals surface area contributed by atoms with Crippen molar-refractivity contribution in [3.63, 3.8) is 0 Å². The summed E-state index contributed by atoms with van der Waals surface area (Å²) in [6.45, 7) is 4.98. The van der Waals surface area contributed by atoms with E-state index in [0.717, 1.165) is 39.4 Å². The van der Waals surface area contributed by atoms with E-state index in [1.54, 1.807) is 16.0 Å². The molecule has 0 fully saturated rings. The van der Waals surface area contributed by atoms with Crippen LogP contribution in [-0.2, 0) is 13.6 Å². The number of hydrogen-bond donors (Lipinski definition) is 1. The average molecular weight is 363 g/mol. The number of fused-ring (bicyclic) bond motifs is 1. The van der Waals surface area contributed by atoms with Crippen LogP contribution in [0.2, 0.25) is 0 Å². The summed E-state index contributed by atoms with van der Waals surface area (Å²) in [4.78, 5) is 9.04. The second-order valence-electron chi connectivity index (χ2n) is 6.50. The molecule has 4 rings (SSSR count). The second-order valence-corrected chi connectivity index (χ2v) is 7.56. The molecule has 0 radical (unpaired) electrons. The summed E-state index contributed by atoms with van der Waals surface area (Å²) >= 11 is 1.68. The first-order valence-corrected chi connectivity index (χ1v) is 9.50. The molecule has 132 valence electrons. The Kier molecular flexibility index (Phi) is 4.53. The van der Waals surface area contributed by atoms with E-state index in [9.17, 15) is 0 Å². The lowest BCUT2D eigenvalue weighted by molar-refractivity contribution is 0.574. The Labute approximate surface area is 156 Å². The standard InChI is InChI=1S/C20H21N5S/c1-13(16-4-6-17(7-5-16)19-12-26-14(2)24-19)21-9-15-8-18-11-23-25(3)20(18)22-10-15/h4-8,10-13,21H,9H2,1-3H3. The van der Waals surface area contributed by atoms with Crippen LogP contribution in [0.25, 0.3) is 22.3 Å². The van der Waals surface area contributed by atoms with Gasteiger partial charge in [0, 0.05) is 42.2 Å². The smallest absolute Gasteiger partial charge is 0.157 e. The van der Waals surface area contributed by atoms with Crippen LogP contribution in [0.5, 0.6) is 0 Å². The predicted octanol–water partition coefficient (Wildman–Crippen LogP) is 4.25. The number of rotatable bonds is 5. The molecular weight excluding hydrogens is 342 g/mol. The number of benzene rings is 1. The highest BCUT2D eigenvalue weighted by Crippen LogP contribution is 2.23. The van der Waals surface area contributed by atoms with E-state index in [4.69, 9.17) is 0 Å². The van der Waals surface area contributed by atoms with E-state index in [0.29, 0.717) is 0 Å². The quantitative estimate of drug-likeness (QED) is 0.576. The van der Waals surface area contributed by atoms with E-state index in [2.05, 4.69) is 63.0 Å².